The summed E-state index contributed by atoms with van der Waals surface area (Å²) in [4.78, 5) is 9.70. The number of carboxylic acids is 1. The first-order chi connectivity index (χ1) is 6.32. The van der Waals surface area contributed by atoms with E-state index in [0.29, 0.717) is 3.57 Å². The molecule has 1 aromatic rings. The average Bonchev–Trinajstić information content (AvgIpc) is 2.01. The van der Waals surface area contributed by atoms with Gasteiger partial charge in [-0.3, -0.25) is 0 Å². The summed E-state index contributed by atoms with van der Waals surface area (Å²) in [5.41, 5.74) is -0.611. The van der Waals surface area contributed by atoms with Crippen LogP contribution in [0, 0.1) is 3.57 Å². The van der Waals surface area contributed by atoms with E-state index in [1.165, 1.54) is 6.07 Å². The Labute approximate surface area is 150 Å². The molecule has 0 atom stereocenters. The number of benzene rings is 1. The van der Waals surface area contributed by atoms with Gasteiger partial charge in [-0.15, -0.1) is 0 Å². The molecule has 76 valence electrons. The second-order valence-corrected chi connectivity index (χ2v) is 4.98. The second kappa shape index (κ2) is 7.70. The average molecular weight is 372 g/mol. The molecule has 0 amide bonds. The Morgan fingerprint density at radius 1 is 1.25 bits per heavy atom. The maximum Gasteiger partial charge on any atom is 1.00 e. The number of carbonyl (C=O) groups excluding carboxylic acids is 1. The van der Waals surface area contributed by atoms with E-state index in [1.54, 1.807) is 22.6 Å². The van der Waals surface area contributed by atoms with Crippen molar-refractivity contribution in [2.75, 3.05) is 0 Å². The largest absolute Gasteiger partial charge is 1.00 e. The van der Waals surface area contributed by atoms with Crippen LogP contribution in [0.3, 0.4) is 0 Å². The van der Waals surface area contributed by atoms with Crippen molar-refractivity contribution < 1.29 is 82.0 Å². The van der Waals surface area contributed by atoms with Gasteiger partial charge in [-0.1, -0.05) is 6.07 Å². The Morgan fingerprint density at radius 2 is 1.75 bits per heavy atom. The summed E-state index contributed by atoms with van der Waals surface area (Å²) in [6.07, 6.45) is 0. The Bertz CT molecular complexity index is 488. The molecule has 0 spiro atoms. The van der Waals surface area contributed by atoms with Gasteiger partial charge in [0.2, 0.25) is 0 Å². The van der Waals surface area contributed by atoms with Crippen molar-refractivity contribution in [1.82, 2.24) is 0 Å². The zero-order chi connectivity index (χ0) is 10.9. The number of aromatic carboxylic acids is 1. The standard InChI is InChI=1S/C7H5IO5S.2Na/c8-4-1-2-5(7(9)10)6(3-4)14(11,12)13;;/h1-3H,(H,9,10)(H,11,12,13);;/q;2*+1/p-2. The van der Waals surface area contributed by atoms with Crippen molar-refractivity contribution in [1.29, 1.82) is 0 Å². The molecule has 0 aliphatic carbocycles. The Kier molecular flexibility index (Phi) is 9.46. The van der Waals surface area contributed by atoms with Gasteiger partial charge in [-0.2, -0.15) is 0 Å². The number of hydrogen-bond acceptors (Lipinski definition) is 5. The third-order valence-electron chi connectivity index (χ3n) is 1.43. The molecule has 0 heterocycles. The molecular weight excluding hydrogens is 369 g/mol. The van der Waals surface area contributed by atoms with Crippen molar-refractivity contribution in [2.24, 2.45) is 0 Å². The fourth-order valence-electron chi connectivity index (χ4n) is 0.872. The van der Waals surface area contributed by atoms with Crippen molar-refractivity contribution >= 4 is 38.7 Å². The molecule has 1 aromatic carbocycles. The molecule has 1 rings (SSSR count). The molecule has 9 heteroatoms. The molecule has 5 nitrogen and oxygen atoms in total. The zero-order valence-corrected chi connectivity index (χ0v) is 15.5. The quantitative estimate of drug-likeness (QED) is 0.292. The summed E-state index contributed by atoms with van der Waals surface area (Å²) in [7, 11) is -4.78. The molecule has 0 N–H and O–H groups in total. The smallest absolute Gasteiger partial charge is 0.744 e. The predicted octanol–water partition coefficient (Wildman–Crippen LogP) is -6.43. The monoisotopic (exact) mass is 372 g/mol. The maximum absolute atomic E-state index is 10.7. The maximum atomic E-state index is 10.7. The van der Waals surface area contributed by atoms with Gasteiger partial charge >= 0.3 is 59.1 Å². The molecule has 0 unspecified atom stereocenters. The van der Waals surface area contributed by atoms with Crippen LogP contribution in [0.4, 0.5) is 0 Å². The molecule has 0 aromatic heterocycles. The molecular formula is C7H3INa2O5S. The summed E-state index contributed by atoms with van der Waals surface area (Å²) >= 11 is 1.77. The van der Waals surface area contributed by atoms with Crippen molar-refractivity contribution in [3.05, 3.63) is 27.3 Å². The minimum atomic E-state index is -4.78. The number of hydrogen-bond donors (Lipinski definition) is 0. The van der Waals surface area contributed by atoms with Gasteiger partial charge in [0, 0.05) is 9.13 Å². The van der Waals surface area contributed by atoms with E-state index in [2.05, 4.69) is 0 Å². The molecule has 0 aliphatic rings. The van der Waals surface area contributed by atoms with Crippen LogP contribution in [0.25, 0.3) is 0 Å². The van der Waals surface area contributed by atoms with Gasteiger partial charge in [0.25, 0.3) is 0 Å². The van der Waals surface area contributed by atoms with E-state index in [0.717, 1.165) is 12.1 Å². The Morgan fingerprint density at radius 3 is 2.12 bits per heavy atom. The molecule has 16 heavy (non-hydrogen) atoms. The number of carbonyl (C=O) groups is 1. The van der Waals surface area contributed by atoms with Gasteiger partial charge in [-0.25, -0.2) is 8.42 Å². The summed E-state index contributed by atoms with van der Waals surface area (Å²) in [5.74, 6) is -1.68. The SMILES string of the molecule is O=C([O-])c1ccc(I)cc1S(=O)(=O)[O-].[Na+].[Na+]. The molecule has 0 saturated heterocycles. The van der Waals surface area contributed by atoms with Crippen LogP contribution in [0.15, 0.2) is 23.1 Å². The van der Waals surface area contributed by atoms with Crippen LogP contribution in [0.2, 0.25) is 0 Å². The topological polar surface area (TPSA) is 97.3 Å². The normalized spacial score (nSPS) is 9.88. The summed E-state index contributed by atoms with van der Waals surface area (Å²) in [6, 6.07) is 3.40. The molecule has 0 radical (unpaired) electrons. The van der Waals surface area contributed by atoms with E-state index < -0.39 is 26.5 Å². The van der Waals surface area contributed by atoms with Crippen molar-refractivity contribution in [3.63, 3.8) is 0 Å². The van der Waals surface area contributed by atoms with Crippen LogP contribution in [-0.2, 0) is 10.1 Å². The van der Waals surface area contributed by atoms with Gasteiger partial charge in [-0.05, 0) is 34.7 Å². The summed E-state index contributed by atoms with van der Waals surface area (Å²) in [5, 5.41) is 10.5. The van der Waals surface area contributed by atoms with Crippen LogP contribution in [0.1, 0.15) is 10.4 Å². The van der Waals surface area contributed by atoms with E-state index in [-0.39, 0.29) is 59.1 Å². The van der Waals surface area contributed by atoms with Crippen LogP contribution in [-0.4, -0.2) is 18.9 Å². The van der Waals surface area contributed by atoms with Gasteiger partial charge in [0.05, 0.1) is 10.9 Å². The van der Waals surface area contributed by atoms with Gasteiger partial charge in [0.15, 0.2) is 0 Å². The van der Waals surface area contributed by atoms with Crippen LogP contribution < -0.4 is 64.2 Å². The molecule has 0 aliphatic heterocycles. The first-order valence-corrected chi connectivity index (χ1v) is 5.78. The predicted molar refractivity (Wildman–Crippen MR) is 51.5 cm³/mol. The number of halogens is 1. The van der Waals surface area contributed by atoms with E-state index >= 15 is 0 Å². The van der Waals surface area contributed by atoms with Crippen molar-refractivity contribution in [3.8, 4) is 0 Å². The third-order valence-corrected chi connectivity index (χ3v) is 2.98. The number of rotatable bonds is 2. The Balaban J connectivity index is 0. The molecule has 0 saturated carbocycles. The minimum absolute atomic E-state index is 0. The second-order valence-electron chi connectivity index (χ2n) is 2.38. The van der Waals surface area contributed by atoms with Crippen LogP contribution >= 0.6 is 22.6 Å². The summed E-state index contributed by atoms with van der Waals surface area (Å²) in [6.45, 7) is 0. The van der Waals surface area contributed by atoms with E-state index in [1.807, 2.05) is 0 Å². The van der Waals surface area contributed by atoms with Gasteiger partial charge < -0.3 is 14.5 Å². The van der Waals surface area contributed by atoms with Gasteiger partial charge in [0.1, 0.15) is 10.1 Å². The zero-order valence-electron chi connectivity index (χ0n) is 8.56. The minimum Gasteiger partial charge on any atom is -0.744 e. The first kappa shape index (κ1) is 19.7. The Hall–Kier alpha value is 1.33. The van der Waals surface area contributed by atoms with Crippen LogP contribution in [0.5, 0.6) is 0 Å². The van der Waals surface area contributed by atoms with Crippen molar-refractivity contribution in [2.45, 2.75) is 4.90 Å². The third kappa shape index (κ3) is 5.32. The summed E-state index contributed by atoms with van der Waals surface area (Å²) < 4.78 is 32.4. The number of carboxylic acid groups (broad SMARTS) is 1. The van der Waals surface area contributed by atoms with E-state index in [9.17, 15) is 22.9 Å². The fraction of sp³-hybridized carbons (Fsp3) is 0. The van der Waals surface area contributed by atoms with E-state index in [4.69, 9.17) is 0 Å². The first-order valence-electron chi connectivity index (χ1n) is 3.29. The fourth-order valence-corrected chi connectivity index (χ4v) is 2.27. The molecule has 0 bridgehead atoms. The molecule has 0 fully saturated rings.